The van der Waals surface area contributed by atoms with Crippen molar-refractivity contribution in [2.45, 2.75) is 57.5 Å². The predicted octanol–water partition coefficient (Wildman–Crippen LogP) is -1.43. The Kier molecular flexibility index (Phi) is 13.0. The van der Waals surface area contributed by atoms with Crippen LogP contribution in [0.1, 0.15) is 27.2 Å². The molecular formula is C17H32N4O6S2. The van der Waals surface area contributed by atoms with Crippen molar-refractivity contribution in [2.24, 2.45) is 11.7 Å². The van der Waals surface area contributed by atoms with Crippen LogP contribution in [0, 0.1) is 5.92 Å². The first-order chi connectivity index (χ1) is 13.5. The van der Waals surface area contributed by atoms with E-state index in [4.69, 9.17) is 5.73 Å². The molecule has 5 atom stereocenters. The first-order valence-electron chi connectivity index (χ1n) is 9.13. The fourth-order valence-electron chi connectivity index (χ4n) is 2.28. The SMILES string of the molecule is CSCCC(NC(=O)C(NC(=O)C(NC(=O)C(N)CS)C(C)C)C(C)O)C(=O)O. The van der Waals surface area contributed by atoms with E-state index in [0.717, 1.165) is 0 Å². The average molecular weight is 453 g/mol. The summed E-state index contributed by atoms with van der Waals surface area (Å²) in [5.41, 5.74) is 5.60. The molecule has 0 radical (unpaired) electrons. The summed E-state index contributed by atoms with van der Waals surface area (Å²) < 4.78 is 0. The molecular weight excluding hydrogens is 420 g/mol. The average Bonchev–Trinajstić information content (AvgIpc) is 2.65. The maximum Gasteiger partial charge on any atom is 0.326 e. The van der Waals surface area contributed by atoms with Gasteiger partial charge in [0.25, 0.3) is 0 Å². The quantitative estimate of drug-likeness (QED) is 0.167. The van der Waals surface area contributed by atoms with Crippen LogP contribution < -0.4 is 21.7 Å². The molecule has 0 bridgehead atoms. The molecule has 0 saturated carbocycles. The van der Waals surface area contributed by atoms with Gasteiger partial charge < -0.3 is 31.9 Å². The number of aliphatic carboxylic acids is 1. The second-order valence-electron chi connectivity index (χ2n) is 6.93. The first-order valence-corrected chi connectivity index (χ1v) is 11.2. The van der Waals surface area contributed by atoms with E-state index >= 15 is 0 Å². The number of rotatable bonds is 13. The number of carbonyl (C=O) groups is 4. The number of hydrogen-bond donors (Lipinski definition) is 7. The van der Waals surface area contributed by atoms with E-state index < -0.39 is 54.0 Å². The lowest BCUT2D eigenvalue weighted by Gasteiger charge is -2.28. The van der Waals surface area contributed by atoms with Crippen LogP contribution in [0.25, 0.3) is 0 Å². The Morgan fingerprint density at radius 2 is 1.52 bits per heavy atom. The smallest absolute Gasteiger partial charge is 0.326 e. The van der Waals surface area contributed by atoms with Crippen LogP contribution in [0.2, 0.25) is 0 Å². The number of carboxylic acids is 1. The summed E-state index contributed by atoms with van der Waals surface area (Å²) in [7, 11) is 0. The van der Waals surface area contributed by atoms with E-state index in [1.54, 1.807) is 20.1 Å². The molecule has 3 amide bonds. The molecule has 5 unspecified atom stereocenters. The highest BCUT2D eigenvalue weighted by atomic mass is 32.2. The number of carbonyl (C=O) groups excluding carboxylic acids is 3. The maximum absolute atomic E-state index is 12.6. The van der Waals surface area contributed by atoms with E-state index in [1.807, 2.05) is 0 Å². The molecule has 0 heterocycles. The molecule has 0 fully saturated rings. The molecule has 168 valence electrons. The summed E-state index contributed by atoms with van der Waals surface area (Å²) in [5.74, 6) is -3.05. The first kappa shape index (κ1) is 27.5. The molecule has 0 saturated heterocycles. The van der Waals surface area contributed by atoms with E-state index in [1.165, 1.54) is 18.7 Å². The third-order valence-corrected chi connectivity index (χ3v) is 5.11. The van der Waals surface area contributed by atoms with Gasteiger partial charge in [-0.3, -0.25) is 14.4 Å². The van der Waals surface area contributed by atoms with Crippen LogP contribution in [0.15, 0.2) is 0 Å². The van der Waals surface area contributed by atoms with Crippen molar-refractivity contribution in [3.05, 3.63) is 0 Å². The van der Waals surface area contributed by atoms with Gasteiger partial charge in [-0.25, -0.2) is 4.79 Å². The van der Waals surface area contributed by atoms with Crippen molar-refractivity contribution in [3.63, 3.8) is 0 Å². The van der Waals surface area contributed by atoms with Gasteiger partial charge in [-0.15, -0.1) is 0 Å². The normalized spacial score (nSPS) is 16.3. The summed E-state index contributed by atoms with van der Waals surface area (Å²) in [4.78, 5) is 48.5. The van der Waals surface area contributed by atoms with Gasteiger partial charge in [0.05, 0.1) is 12.1 Å². The molecule has 0 aliphatic carbocycles. The number of nitrogens with one attached hydrogen (secondary N) is 3. The number of amides is 3. The topological polar surface area (TPSA) is 171 Å². The molecule has 0 aliphatic heterocycles. The highest BCUT2D eigenvalue weighted by Gasteiger charge is 2.33. The fraction of sp³-hybridized carbons (Fsp3) is 0.765. The largest absolute Gasteiger partial charge is 0.480 e. The lowest BCUT2D eigenvalue weighted by atomic mass is 10.0. The van der Waals surface area contributed by atoms with E-state index in [2.05, 4.69) is 28.6 Å². The van der Waals surface area contributed by atoms with Gasteiger partial charge in [0.1, 0.15) is 18.1 Å². The van der Waals surface area contributed by atoms with Crippen LogP contribution in [0.3, 0.4) is 0 Å². The lowest BCUT2D eigenvalue weighted by molar-refractivity contribution is -0.143. The Morgan fingerprint density at radius 1 is 1.00 bits per heavy atom. The molecule has 0 spiro atoms. The van der Waals surface area contributed by atoms with Crippen molar-refractivity contribution in [1.29, 1.82) is 0 Å². The minimum absolute atomic E-state index is 0.0869. The zero-order chi connectivity index (χ0) is 22.7. The molecule has 10 nitrogen and oxygen atoms in total. The molecule has 0 rings (SSSR count). The van der Waals surface area contributed by atoms with Crippen LogP contribution in [0.5, 0.6) is 0 Å². The Balaban J connectivity index is 5.27. The maximum atomic E-state index is 12.6. The third kappa shape index (κ3) is 9.70. The predicted molar refractivity (Wildman–Crippen MR) is 115 cm³/mol. The van der Waals surface area contributed by atoms with Crippen LogP contribution in [-0.2, 0) is 19.2 Å². The van der Waals surface area contributed by atoms with E-state index in [-0.39, 0.29) is 18.1 Å². The summed E-state index contributed by atoms with van der Waals surface area (Å²) in [6, 6.07) is -4.46. The van der Waals surface area contributed by atoms with Crippen LogP contribution in [0.4, 0.5) is 0 Å². The number of carboxylic acid groups (broad SMARTS) is 1. The van der Waals surface area contributed by atoms with Gasteiger partial charge in [-0.1, -0.05) is 13.8 Å². The monoisotopic (exact) mass is 452 g/mol. The molecule has 29 heavy (non-hydrogen) atoms. The minimum Gasteiger partial charge on any atom is -0.480 e. The van der Waals surface area contributed by atoms with E-state index in [0.29, 0.717) is 5.75 Å². The van der Waals surface area contributed by atoms with Crippen molar-refractivity contribution in [3.8, 4) is 0 Å². The van der Waals surface area contributed by atoms with E-state index in [9.17, 15) is 29.4 Å². The number of aliphatic hydroxyl groups excluding tert-OH is 1. The molecule has 0 aromatic rings. The van der Waals surface area contributed by atoms with Gasteiger partial charge >= 0.3 is 5.97 Å². The standard InChI is InChI=1S/C17H32N4O6S2/c1-8(2)12(20-14(23)10(18)7-28)15(24)21-13(9(3)22)16(25)19-11(17(26)27)5-6-29-4/h8-13,22,28H,5-7,18H2,1-4H3,(H,19,25)(H,20,23)(H,21,24)(H,26,27). The molecule has 0 aliphatic rings. The Labute approximate surface area is 180 Å². The van der Waals surface area contributed by atoms with Gasteiger partial charge in [-0.05, 0) is 31.3 Å². The van der Waals surface area contributed by atoms with Gasteiger partial charge in [0.15, 0.2) is 0 Å². The molecule has 12 heteroatoms. The zero-order valence-corrected chi connectivity index (χ0v) is 18.8. The van der Waals surface area contributed by atoms with Gasteiger partial charge in [0.2, 0.25) is 17.7 Å². The second kappa shape index (κ2) is 13.7. The molecule has 7 N–H and O–H groups in total. The van der Waals surface area contributed by atoms with Gasteiger partial charge in [0, 0.05) is 5.75 Å². The highest BCUT2D eigenvalue weighted by molar-refractivity contribution is 7.98. The van der Waals surface area contributed by atoms with Crippen molar-refractivity contribution in [1.82, 2.24) is 16.0 Å². The summed E-state index contributed by atoms with van der Waals surface area (Å²) in [6.45, 7) is 4.68. The van der Waals surface area contributed by atoms with Crippen LogP contribution in [-0.4, -0.2) is 81.9 Å². The second-order valence-corrected chi connectivity index (χ2v) is 8.28. The summed E-state index contributed by atoms with van der Waals surface area (Å²) in [5, 5.41) is 26.4. The fourth-order valence-corrected chi connectivity index (χ4v) is 2.92. The van der Waals surface area contributed by atoms with Crippen LogP contribution >= 0.6 is 24.4 Å². The summed E-state index contributed by atoms with van der Waals surface area (Å²) in [6.07, 6.45) is 0.700. The third-order valence-electron chi connectivity index (χ3n) is 4.07. The Morgan fingerprint density at radius 3 is 1.93 bits per heavy atom. The zero-order valence-electron chi connectivity index (χ0n) is 17.0. The minimum atomic E-state index is -1.39. The number of hydrogen-bond acceptors (Lipinski definition) is 8. The highest BCUT2D eigenvalue weighted by Crippen LogP contribution is 2.06. The lowest BCUT2D eigenvalue weighted by Crippen LogP contribution is -2.61. The number of aliphatic hydroxyl groups is 1. The Bertz CT molecular complexity index is 576. The van der Waals surface area contributed by atoms with Crippen molar-refractivity contribution < 1.29 is 29.4 Å². The number of nitrogens with two attached hydrogens (primary N) is 1. The van der Waals surface area contributed by atoms with Crippen molar-refractivity contribution >= 4 is 48.1 Å². The number of thioether (sulfide) groups is 1. The van der Waals surface area contributed by atoms with Crippen molar-refractivity contribution in [2.75, 3.05) is 17.8 Å². The number of thiol groups is 1. The summed E-state index contributed by atoms with van der Waals surface area (Å²) >= 11 is 5.37. The molecule has 0 aromatic heterocycles. The van der Waals surface area contributed by atoms with Gasteiger partial charge in [-0.2, -0.15) is 24.4 Å². The Hall–Kier alpha value is -1.50. The molecule has 0 aromatic carbocycles.